The summed E-state index contributed by atoms with van der Waals surface area (Å²) in [7, 11) is 1.58. The topological polar surface area (TPSA) is 112 Å². The molecule has 8 heteroatoms. The van der Waals surface area contributed by atoms with Gasteiger partial charge in [-0.1, -0.05) is 17.2 Å². The highest BCUT2D eigenvalue weighted by Gasteiger charge is 2.20. The lowest BCUT2D eigenvalue weighted by Crippen LogP contribution is -2.29. The average Bonchev–Trinajstić information content (AvgIpc) is 3.00. The first kappa shape index (κ1) is 17.3. The second kappa shape index (κ2) is 8.00. The molecule has 3 N–H and O–H groups in total. The second-order valence-corrected chi connectivity index (χ2v) is 5.02. The van der Waals surface area contributed by atoms with Crippen molar-refractivity contribution >= 4 is 17.6 Å². The summed E-state index contributed by atoms with van der Waals surface area (Å²) in [6.07, 6.45) is -0.374. The number of oxime groups is 1. The van der Waals surface area contributed by atoms with Crippen molar-refractivity contribution in [2.24, 2.45) is 10.9 Å². The van der Waals surface area contributed by atoms with Crippen LogP contribution in [-0.2, 0) is 9.63 Å². The number of amidine groups is 1. The molecule has 2 rings (SSSR count). The third kappa shape index (κ3) is 4.48. The van der Waals surface area contributed by atoms with Crippen molar-refractivity contribution < 1.29 is 18.9 Å². The Labute approximate surface area is 139 Å². The van der Waals surface area contributed by atoms with Gasteiger partial charge in [-0.15, -0.1) is 0 Å². The van der Waals surface area contributed by atoms with E-state index in [-0.39, 0.29) is 11.7 Å². The van der Waals surface area contributed by atoms with E-state index in [1.165, 1.54) is 0 Å². The molecule has 128 valence electrons. The summed E-state index contributed by atoms with van der Waals surface area (Å²) in [5.41, 5.74) is 6.54. The van der Waals surface area contributed by atoms with E-state index in [0.717, 1.165) is 0 Å². The largest absolute Gasteiger partial charge is 0.497 e. The molecule has 1 unspecified atom stereocenters. The highest BCUT2D eigenvalue weighted by Crippen LogP contribution is 2.12. The number of hydrogen-bond donors (Lipinski definition) is 2. The van der Waals surface area contributed by atoms with Gasteiger partial charge in [0, 0.05) is 11.6 Å². The van der Waals surface area contributed by atoms with Crippen LogP contribution in [0.4, 0.5) is 5.82 Å². The van der Waals surface area contributed by atoms with Gasteiger partial charge in [-0.05, 0) is 37.6 Å². The number of aromatic nitrogens is 1. The van der Waals surface area contributed by atoms with Crippen molar-refractivity contribution in [2.75, 3.05) is 12.4 Å². The molecule has 0 bridgehead atoms. The number of nitrogens with two attached hydrogens (primary N) is 1. The number of ether oxygens (including phenoxy) is 1. The number of aryl methyl sites for hydroxylation is 1. The summed E-state index contributed by atoms with van der Waals surface area (Å²) in [4.78, 5) is 17.4. The zero-order chi connectivity index (χ0) is 17.5. The smallest absolute Gasteiger partial charge is 0.269 e. The fourth-order valence-corrected chi connectivity index (χ4v) is 1.87. The van der Waals surface area contributed by atoms with Crippen molar-refractivity contribution in [1.82, 2.24) is 5.16 Å². The standard InChI is InChI=1S/C16H20N4O4/c1-4-13(16(21)18-14-9-10(2)23-19-14)24-20-15(17)11-5-7-12(22-3)8-6-11/h5-9,13H,4H2,1-3H3,(H2,17,20)(H,18,19,21). The number of benzene rings is 1. The van der Waals surface area contributed by atoms with Gasteiger partial charge in [0.25, 0.3) is 5.91 Å². The lowest BCUT2D eigenvalue weighted by Gasteiger charge is -2.12. The molecule has 24 heavy (non-hydrogen) atoms. The number of hydrogen-bond acceptors (Lipinski definition) is 6. The van der Waals surface area contributed by atoms with Crippen molar-refractivity contribution in [1.29, 1.82) is 0 Å². The van der Waals surface area contributed by atoms with Crippen LogP contribution in [0.15, 0.2) is 40.0 Å². The molecule has 0 aliphatic carbocycles. The molecular formula is C16H20N4O4. The van der Waals surface area contributed by atoms with Crippen molar-refractivity contribution in [2.45, 2.75) is 26.4 Å². The number of rotatable bonds is 7. The molecule has 1 aromatic heterocycles. The van der Waals surface area contributed by atoms with Gasteiger partial charge in [0.2, 0.25) is 6.10 Å². The fraction of sp³-hybridized carbons (Fsp3) is 0.312. The van der Waals surface area contributed by atoms with Crippen LogP contribution in [-0.4, -0.2) is 30.1 Å². The fourth-order valence-electron chi connectivity index (χ4n) is 1.87. The van der Waals surface area contributed by atoms with Crippen LogP contribution in [0.25, 0.3) is 0 Å². The number of amides is 1. The maximum Gasteiger partial charge on any atom is 0.269 e. The lowest BCUT2D eigenvalue weighted by atomic mass is 10.2. The number of carbonyl (C=O) groups excluding carboxylic acids is 1. The van der Waals surface area contributed by atoms with E-state index >= 15 is 0 Å². The van der Waals surface area contributed by atoms with Crippen molar-refractivity contribution in [3.05, 3.63) is 41.7 Å². The highest BCUT2D eigenvalue weighted by atomic mass is 16.6. The van der Waals surface area contributed by atoms with Gasteiger partial charge < -0.3 is 25.1 Å². The molecule has 2 aromatic rings. The summed E-state index contributed by atoms with van der Waals surface area (Å²) in [5, 5.41) is 10.1. The summed E-state index contributed by atoms with van der Waals surface area (Å²) in [6, 6.07) is 8.63. The third-order valence-corrected chi connectivity index (χ3v) is 3.21. The molecule has 8 nitrogen and oxygen atoms in total. The first-order valence-electron chi connectivity index (χ1n) is 7.41. The minimum Gasteiger partial charge on any atom is -0.497 e. The number of nitrogens with one attached hydrogen (secondary N) is 1. The van der Waals surface area contributed by atoms with Gasteiger partial charge in [-0.2, -0.15) is 0 Å². The zero-order valence-electron chi connectivity index (χ0n) is 13.8. The normalized spacial score (nSPS) is 12.5. The SMILES string of the molecule is CCC(ON=C(N)c1ccc(OC)cc1)C(=O)Nc1cc(C)on1. The minimum absolute atomic E-state index is 0.168. The molecule has 1 atom stereocenters. The molecular weight excluding hydrogens is 312 g/mol. The lowest BCUT2D eigenvalue weighted by molar-refractivity contribution is -0.127. The second-order valence-electron chi connectivity index (χ2n) is 5.02. The Morgan fingerprint density at radius 3 is 2.67 bits per heavy atom. The molecule has 0 aliphatic rings. The van der Waals surface area contributed by atoms with Crippen LogP contribution >= 0.6 is 0 Å². The molecule has 0 spiro atoms. The molecule has 0 aliphatic heterocycles. The Kier molecular flexibility index (Phi) is 5.78. The van der Waals surface area contributed by atoms with Crippen molar-refractivity contribution in [3.63, 3.8) is 0 Å². The van der Waals surface area contributed by atoms with E-state index in [1.54, 1.807) is 51.3 Å². The molecule has 0 radical (unpaired) electrons. The van der Waals surface area contributed by atoms with Gasteiger partial charge >= 0.3 is 0 Å². The maximum atomic E-state index is 12.1. The number of carbonyl (C=O) groups is 1. The van der Waals surface area contributed by atoms with Crippen LogP contribution in [0.1, 0.15) is 24.7 Å². The molecule has 0 fully saturated rings. The van der Waals surface area contributed by atoms with Crippen LogP contribution in [0.2, 0.25) is 0 Å². The summed E-state index contributed by atoms with van der Waals surface area (Å²) in [5.74, 6) is 1.42. The monoisotopic (exact) mass is 332 g/mol. The Bertz CT molecular complexity index is 709. The molecule has 1 amide bonds. The van der Waals surface area contributed by atoms with E-state index in [4.69, 9.17) is 19.8 Å². The van der Waals surface area contributed by atoms with Crippen LogP contribution in [0, 0.1) is 6.92 Å². The Hall–Kier alpha value is -3.03. The van der Waals surface area contributed by atoms with Gasteiger partial charge in [0.05, 0.1) is 7.11 Å². The molecule has 1 aromatic carbocycles. The Morgan fingerprint density at radius 1 is 1.42 bits per heavy atom. The van der Waals surface area contributed by atoms with Gasteiger partial charge in [0.15, 0.2) is 11.7 Å². The summed E-state index contributed by atoms with van der Waals surface area (Å²) < 4.78 is 9.97. The predicted octanol–water partition coefficient (Wildman–Crippen LogP) is 2.05. The first-order valence-corrected chi connectivity index (χ1v) is 7.41. The zero-order valence-corrected chi connectivity index (χ0v) is 13.8. The van der Waals surface area contributed by atoms with E-state index in [9.17, 15) is 4.79 Å². The Morgan fingerprint density at radius 2 is 2.12 bits per heavy atom. The van der Waals surface area contributed by atoms with Gasteiger partial charge in [0.1, 0.15) is 11.5 Å². The molecule has 0 saturated carbocycles. The summed E-state index contributed by atoms with van der Waals surface area (Å²) in [6.45, 7) is 3.54. The average molecular weight is 332 g/mol. The first-order chi connectivity index (χ1) is 11.5. The van der Waals surface area contributed by atoms with Gasteiger partial charge in [-0.3, -0.25) is 4.79 Å². The quantitative estimate of drug-likeness (QED) is 0.456. The maximum absolute atomic E-state index is 12.1. The third-order valence-electron chi connectivity index (χ3n) is 3.21. The molecule has 1 heterocycles. The van der Waals surface area contributed by atoms with E-state index in [1.807, 2.05) is 0 Å². The Balaban J connectivity index is 1.98. The van der Waals surface area contributed by atoms with Gasteiger partial charge in [-0.25, -0.2) is 0 Å². The minimum atomic E-state index is -0.793. The predicted molar refractivity (Wildman–Crippen MR) is 88.8 cm³/mol. The number of nitrogens with zero attached hydrogens (tertiary/aromatic N) is 2. The van der Waals surface area contributed by atoms with E-state index < -0.39 is 6.10 Å². The van der Waals surface area contributed by atoms with Crippen LogP contribution in [0.5, 0.6) is 5.75 Å². The number of anilines is 1. The van der Waals surface area contributed by atoms with Crippen LogP contribution in [0.3, 0.4) is 0 Å². The summed E-state index contributed by atoms with van der Waals surface area (Å²) >= 11 is 0. The van der Waals surface area contributed by atoms with E-state index in [2.05, 4.69) is 15.6 Å². The number of methoxy groups -OCH3 is 1. The van der Waals surface area contributed by atoms with E-state index in [0.29, 0.717) is 29.3 Å². The molecule has 0 saturated heterocycles. The highest BCUT2D eigenvalue weighted by molar-refractivity contribution is 5.97. The van der Waals surface area contributed by atoms with Crippen LogP contribution < -0.4 is 15.8 Å². The van der Waals surface area contributed by atoms with Crippen molar-refractivity contribution in [3.8, 4) is 5.75 Å².